The zero-order chi connectivity index (χ0) is 6.41. The second-order valence-electron chi connectivity index (χ2n) is 1.16. The molecule has 48 valence electrons. The predicted molar refractivity (Wildman–Crippen MR) is 39.8 cm³/mol. The minimum atomic E-state index is 0.0338. The molecule has 0 heterocycles. The molecule has 0 radical (unpaired) electrons. The Hall–Kier alpha value is 0.170. The van der Waals surface area contributed by atoms with Crippen molar-refractivity contribution >= 4 is 27.5 Å². The normalized spacial score (nSPS) is 8.75. The molecule has 0 saturated carbocycles. The summed E-state index contributed by atoms with van der Waals surface area (Å²) in [5, 5.41) is 2.65. The van der Waals surface area contributed by atoms with E-state index < -0.39 is 0 Å². The van der Waals surface area contributed by atoms with E-state index in [2.05, 4.69) is 5.32 Å². The molecular formula is C4H9NOS2. The summed E-state index contributed by atoms with van der Waals surface area (Å²) in [6.45, 7) is 1.51. The molecule has 0 aromatic carbocycles. The van der Waals surface area contributed by atoms with Crippen molar-refractivity contribution in [2.75, 3.05) is 12.1 Å². The Balaban J connectivity index is 2.82. The van der Waals surface area contributed by atoms with E-state index in [0.29, 0.717) is 5.88 Å². The maximum absolute atomic E-state index is 10.2. The van der Waals surface area contributed by atoms with Crippen molar-refractivity contribution in [2.45, 2.75) is 6.92 Å². The molecule has 0 aliphatic rings. The van der Waals surface area contributed by atoms with Gasteiger partial charge in [-0.2, -0.15) is 0 Å². The standard InChI is InChI=1S/C4H9NOS2/c1-4(6)5-3-8-7-2/h3H2,1-2H3,(H,5,6). The Labute approximate surface area is 57.2 Å². The summed E-state index contributed by atoms with van der Waals surface area (Å²) in [6, 6.07) is 0. The van der Waals surface area contributed by atoms with E-state index in [0.717, 1.165) is 0 Å². The monoisotopic (exact) mass is 151 g/mol. The maximum Gasteiger partial charge on any atom is 0.217 e. The van der Waals surface area contributed by atoms with Crippen LogP contribution in [0.3, 0.4) is 0 Å². The molecule has 1 amide bonds. The Morgan fingerprint density at radius 1 is 1.75 bits per heavy atom. The average molecular weight is 151 g/mol. The summed E-state index contributed by atoms with van der Waals surface area (Å²) >= 11 is 0. The summed E-state index contributed by atoms with van der Waals surface area (Å²) in [7, 11) is 3.27. The van der Waals surface area contributed by atoms with Gasteiger partial charge < -0.3 is 5.32 Å². The van der Waals surface area contributed by atoms with Gasteiger partial charge in [0.05, 0.1) is 5.88 Å². The van der Waals surface area contributed by atoms with Crippen LogP contribution in [-0.2, 0) is 4.79 Å². The van der Waals surface area contributed by atoms with Gasteiger partial charge in [0.15, 0.2) is 0 Å². The average Bonchev–Trinajstić information content (AvgIpc) is 1.66. The fourth-order valence-electron chi connectivity index (χ4n) is 0.190. The topological polar surface area (TPSA) is 29.1 Å². The Kier molecular flexibility index (Phi) is 5.42. The quantitative estimate of drug-likeness (QED) is 0.372. The highest BCUT2D eigenvalue weighted by Gasteiger charge is 1.86. The van der Waals surface area contributed by atoms with Gasteiger partial charge in [-0.3, -0.25) is 4.79 Å². The summed E-state index contributed by atoms with van der Waals surface area (Å²) in [4.78, 5) is 10.2. The molecule has 1 N–H and O–H groups in total. The van der Waals surface area contributed by atoms with E-state index in [-0.39, 0.29) is 5.91 Å². The van der Waals surface area contributed by atoms with Crippen molar-refractivity contribution in [1.82, 2.24) is 5.32 Å². The van der Waals surface area contributed by atoms with Crippen LogP contribution in [0.15, 0.2) is 0 Å². The Morgan fingerprint density at radius 3 is 2.75 bits per heavy atom. The van der Waals surface area contributed by atoms with Crippen molar-refractivity contribution in [3.8, 4) is 0 Å². The minimum absolute atomic E-state index is 0.0338. The first kappa shape index (κ1) is 8.17. The van der Waals surface area contributed by atoms with Crippen molar-refractivity contribution < 1.29 is 4.79 Å². The van der Waals surface area contributed by atoms with E-state index in [1.165, 1.54) is 6.92 Å². The van der Waals surface area contributed by atoms with Crippen LogP contribution in [0, 0.1) is 0 Å². The fraction of sp³-hybridized carbons (Fsp3) is 0.750. The summed E-state index contributed by atoms with van der Waals surface area (Å²) in [5.41, 5.74) is 0. The van der Waals surface area contributed by atoms with Crippen molar-refractivity contribution in [3.63, 3.8) is 0 Å². The third-order valence-electron chi connectivity index (χ3n) is 0.498. The summed E-state index contributed by atoms with van der Waals surface area (Å²) in [5.74, 6) is 0.739. The summed E-state index contributed by atoms with van der Waals surface area (Å²) in [6.07, 6.45) is 1.98. The van der Waals surface area contributed by atoms with Crippen molar-refractivity contribution in [3.05, 3.63) is 0 Å². The van der Waals surface area contributed by atoms with Crippen molar-refractivity contribution in [2.24, 2.45) is 0 Å². The zero-order valence-corrected chi connectivity index (χ0v) is 6.56. The van der Waals surface area contributed by atoms with E-state index in [1.807, 2.05) is 6.26 Å². The predicted octanol–water partition coefficient (Wildman–Crippen LogP) is 1.09. The van der Waals surface area contributed by atoms with Crippen LogP contribution in [0.1, 0.15) is 6.92 Å². The lowest BCUT2D eigenvalue weighted by atomic mass is 10.7. The van der Waals surface area contributed by atoms with E-state index in [1.54, 1.807) is 21.6 Å². The van der Waals surface area contributed by atoms with E-state index >= 15 is 0 Å². The van der Waals surface area contributed by atoms with Gasteiger partial charge in [0, 0.05) is 6.92 Å². The van der Waals surface area contributed by atoms with Gasteiger partial charge in [-0.15, -0.1) is 0 Å². The molecule has 0 atom stereocenters. The molecule has 0 aliphatic heterocycles. The number of hydrogen-bond donors (Lipinski definition) is 1. The van der Waals surface area contributed by atoms with Gasteiger partial charge in [0.2, 0.25) is 5.91 Å². The number of rotatable bonds is 3. The first-order chi connectivity index (χ1) is 3.77. The van der Waals surface area contributed by atoms with Gasteiger partial charge >= 0.3 is 0 Å². The molecule has 0 aromatic heterocycles. The van der Waals surface area contributed by atoms with Crippen LogP contribution in [0.4, 0.5) is 0 Å². The molecule has 0 aliphatic carbocycles. The van der Waals surface area contributed by atoms with Gasteiger partial charge in [-0.25, -0.2) is 0 Å². The highest BCUT2D eigenvalue weighted by molar-refractivity contribution is 8.76. The van der Waals surface area contributed by atoms with Gasteiger partial charge in [0.1, 0.15) is 0 Å². The van der Waals surface area contributed by atoms with E-state index in [9.17, 15) is 4.79 Å². The molecule has 4 heteroatoms. The Bertz CT molecular complexity index is 76.4. The number of hydrogen-bond acceptors (Lipinski definition) is 3. The van der Waals surface area contributed by atoms with Crippen LogP contribution in [0.5, 0.6) is 0 Å². The zero-order valence-electron chi connectivity index (χ0n) is 4.93. The minimum Gasteiger partial charge on any atom is -0.346 e. The van der Waals surface area contributed by atoms with Crippen LogP contribution in [0.2, 0.25) is 0 Å². The van der Waals surface area contributed by atoms with Crippen LogP contribution < -0.4 is 5.32 Å². The molecule has 0 fully saturated rings. The van der Waals surface area contributed by atoms with Gasteiger partial charge in [-0.05, 0) is 6.26 Å². The fourth-order valence-corrected chi connectivity index (χ4v) is 1.10. The lowest BCUT2D eigenvalue weighted by Gasteiger charge is -1.95. The number of carbonyl (C=O) groups excluding carboxylic acids is 1. The molecule has 0 saturated heterocycles. The third-order valence-corrected chi connectivity index (χ3v) is 2.06. The number of amides is 1. The first-order valence-corrected chi connectivity index (χ1v) is 4.90. The van der Waals surface area contributed by atoms with Crippen molar-refractivity contribution in [1.29, 1.82) is 0 Å². The molecule has 0 spiro atoms. The largest absolute Gasteiger partial charge is 0.346 e. The van der Waals surface area contributed by atoms with Crippen LogP contribution in [-0.4, -0.2) is 18.0 Å². The lowest BCUT2D eigenvalue weighted by molar-refractivity contribution is -0.118. The molecule has 0 unspecified atom stereocenters. The maximum atomic E-state index is 10.2. The molecule has 0 rings (SSSR count). The van der Waals surface area contributed by atoms with Crippen LogP contribution in [0.25, 0.3) is 0 Å². The lowest BCUT2D eigenvalue weighted by Crippen LogP contribution is -2.17. The highest BCUT2D eigenvalue weighted by atomic mass is 33.1. The SMILES string of the molecule is CSSCNC(C)=O. The first-order valence-electron chi connectivity index (χ1n) is 2.17. The third kappa shape index (κ3) is 6.17. The second kappa shape index (κ2) is 5.31. The van der Waals surface area contributed by atoms with Gasteiger partial charge in [0.25, 0.3) is 0 Å². The molecule has 0 bridgehead atoms. The van der Waals surface area contributed by atoms with Gasteiger partial charge in [-0.1, -0.05) is 21.6 Å². The second-order valence-corrected chi connectivity index (χ2v) is 3.73. The molecule has 8 heavy (non-hydrogen) atoms. The molecule has 2 nitrogen and oxygen atoms in total. The van der Waals surface area contributed by atoms with E-state index in [4.69, 9.17) is 0 Å². The summed E-state index contributed by atoms with van der Waals surface area (Å²) < 4.78 is 0. The smallest absolute Gasteiger partial charge is 0.217 e. The molecular weight excluding hydrogens is 142 g/mol. The van der Waals surface area contributed by atoms with Crippen LogP contribution >= 0.6 is 21.6 Å². The number of nitrogens with one attached hydrogen (secondary N) is 1. The number of carbonyl (C=O) groups is 1. The highest BCUT2D eigenvalue weighted by Crippen LogP contribution is 2.13. The Morgan fingerprint density at radius 2 is 2.38 bits per heavy atom. The molecule has 0 aromatic rings.